The molecule has 1 aromatic heterocycles. The average molecular weight is 272 g/mol. The van der Waals surface area contributed by atoms with Gasteiger partial charge in [0.25, 0.3) is 0 Å². The molecule has 106 valence electrons. The summed E-state index contributed by atoms with van der Waals surface area (Å²) in [6, 6.07) is 8.04. The van der Waals surface area contributed by atoms with Crippen molar-refractivity contribution >= 4 is 11.0 Å². The van der Waals surface area contributed by atoms with Crippen molar-refractivity contribution in [2.45, 2.75) is 25.7 Å². The van der Waals surface area contributed by atoms with Crippen LogP contribution in [0, 0.1) is 11.8 Å². The Morgan fingerprint density at radius 2 is 1.80 bits per heavy atom. The summed E-state index contributed by atoms with van der Waals surface area (Å²) in [5.74, 6) is 1.08. The molecule has 2 aromatic rings. The van der Waals surface area contributed by atoms with Crippen molar-refractivity contribution in [2.24, 2.45) is 17.6 Å². The quantitative estimate of drug-likeness (QED) is 0.923. The van der Waals surface area contributed by atoms with E-state index in [-0.39, 0.29) is 0 Å². The number of fused-ring (bicyclic) bond motifs is 1. The lowest BCUT2D eigenvalue weighted by Crippen LogP contribution is -2.31. The molecule has 1 saturated carbocycles. The maximum atomic E-state index is 5.84. The molecule has 2 N–H and O–H groups in total. The second-order valence-electron chi connectivity index (χ2n) is 5.43. The van der Waals surface area contributed by atoms with Gasteiger partial charge in [0.15, 0.2) is 0 Å². The molecule has 0 bridgehead atoms. The van der Waals surface area contributed by atoms with Crippen LogP contribution in [-0.4, -0.2) is 28.3 Å². The van der Waals surface area contributed by atoms with E-state index < -0.39 is 0 Å². The molecule has 3 rings (SSSR count). The zero-order valence-corrected chi connectivity index (χ0v) is 11.5. The molecular formula is C15H20N4O. The molecule has 2 unspecified atom stereocenters. The van der Waals surface area contributed by atoms with Crippen LogP contribution in [0.1, 0.15) is 25.7 Å². The number of nitrogens with two attached hydrogens (primary N) is 1. The molecule has 5 nitrogen and oxygen atoms in total. The molecule has 20 heavy (non-hydrogen) atoms. The fourth-order valence-electron chi connectivity index (χ4n) is 2.92. The van der Waals surface area contributed by atoms with Gasteiger partial charge in [-0.15, -0.1) is 5.10 Å². The first-order chi connectivity index (χ1) is 9.86. The lowest BCUT2D eigenvalue weighted by atomic mass is 9.80. The Kier molecular flexibility index (Phi) is 4.06. The Bertz CT molecular complexity index is 575. The van der Waals surface area contributed by atoms with Crippen molar-refractivity contribution in [3.05, 3.63) is 24.3 Å². The van der Waals surface area contributed by atoms with Gasteiger partial charge in [-0.05, 0) is 43.4 Å². The largest absolute Gasteiger partial charge is 0.462 e. The Balaban J connectivity index is 1.67. The minimum Gasteiger partial charge on any atom is -0.462 e. The van der Waals surface area contributed by atoms with Gasteiger partial charge in [-0.3, -0.25) is 0 Å². The van der Waals surface area contributed by atoms with Crippen LogP contribution in [0.5, 0.6) is 6.01 Å². The van der Waals surface area contributed by atoms with Crippen molar-refractivity contribution in [3.8, 4) is 6.01 Å². The van der Waals surface area contributed by atoms with Crippen LogP contribution in [0.2, 0.25) is 0 Å². The molecule has 1 aromatic carbocycles. The fourth-order valence-corrected chi connectivity index (χ4v) is 2.92. The van der Waals surface area contributed by atoms with Gasteiger partial charge in [-0.1, -0.05) is 30.1 Å². The molecule has 0 spiro atoms. The predicted octanol–water partition coefficient (Wildman–Crippen LogP) is 2.17. The van der Waals surface area contributed by atoms with E-state index in [0.717, 1.165) is 17.6 Å². The Hall–Kier alpha value is -1.75. The van der Waals surface area contributed by atoms with E-state index in [4.69, 9.17) is 10.5 Å². The van der Waals surface area contributed by atoms with E-state index in [0.29, 0.717) is 24.5 Å². The fraction of sp³-hybridized carbons (Fsp3) is 0.533. The third-order valence-corrected chi connectivity index (χ3v) is 4.14. The van der Waals surface area contributed by atoms with Crippen LogP contribution in [0.25, 0.3) is 11.0 Å². The lowest BCUT2D eigenvalue weighted by Gasteiger charge is -2.29. The van der Waals surface area contributed by atoms with Gasteiger partial charge in [0.05, 0.1) is 12.1 Å². The predicted molar refractivity (Wildman–Crippen MR) is 77.3 cm³/mol. The van der Waals surface area contributed by atoms with E-state index >= 15 is 0 Å². The monoisotopic (exact) mass is 272 g/mol. The number of nitrogens with zero attached hydrogens (tertiary/aromatic N) is 3. The lowest BCUT2D eigenvalue weighted by molar-refractivity contribution is 0.145. The number of hydrogen-bond acceptors (Lipinski definition) is 5. The zero-order chi connectivity index (χ0) is 13.8. The molecular weight excluding hydrogens is 252 g/mol. The Labute approximate surface area is 118 Å². The van der Waals surface area contributed by atoms with E-state index in [1.54, 1.807) is 0 Å². The number of para-hydroxylation sites is 1. The highest BCUT2D eigenvalue weighted by Gasteiger charge is 2.24. The smallest absolute Gasteiger partial charge is 0.336 e. The maximum absolute atomic E-state index is 5.84. The first-order valence-corrected chi connectivity index (χ1v) is 7.29. The van der Waals surface area contributed by atoms with Crippen molar-refractivity contribution in [2.75, 3.05) is 13.2 Å². The first-order valence-electron chi connectivity index (χ1n) is 7.29. The second kappa shape index (κ2) is 6.13. The molecule has 1 fully saturated rings. The summed E-state index contributed by atoms with van der Waals surface area (Å²) in [5, 5.41) is 8.15. The minimum absolute atomic E-state index is 0.366. The number of hydrogen-bond donors (Lipinski definition) is 1. The molecule has 0 radical (unpaired) electrons. The molecule has 5 heteroatoms. The summed E-state index contributed by atoms with van der Waals surface area (Å²) in [6.45, 7) is 1.38. The van der Waals surface area contributed by atoms with Crippen molar-refractivity contribution < 1.29 is 4.74 Å². The van der Waals surface area contributed by atoms with Gasteiger partial charge < -0.3 is 10.5 Å². The topological polar surface area (TPSA) is 73.9 Å². The van der Waals surface area contributed by atoms with Gasteiger partial charge in [0.2, 0.25) is 0 Å². The standard InChI is InChI=1S/C15H20N4O/c16-9-11-5-1-2-6-12(11)10-20-15-17-13-7-3-4-8-14(13)18-19-15/h3-4,7-8,11-12H,1-2,5-6,9-10,16H2. The van der Waals surface area contributed by atoms with Crippen LogP contribution in [0.3, 0.4) is 0 Å². The van der Waals surface area contributed by atoms with Crippen LogP contribution < -0.4 is 10.5 Å². The average Bonchev–Trinajstić information content (AvgIpc) is 2.53. The summed E-state index contributed by atoms with van der Waals surface area (Å²) in [5.41, 5.74) is 7.44. The van der Waals surface area contributed by atoms with Crippen molar-refractivity contribution in [1.82, 2.24) is 15.2 Å². The van der Waals surface area contributed by atoms with Crippen LogP contribution in [0.4, 0.5) is 0 Å². The highest BCUT2D eigenvalue weighted by atomic mass is 16.5. The van der Waals surface area contributed by atoms with Crippen LogP contribution >= 0.6 is 0 Å². The molecule has 1 aliphatic carbocycles. The first kappa shape index (κ1) is 13.2. The van der Waals surface area contributed by atoms with Crippen LogP contribution in [-0.2, 0) is 0 Å². The maximum Gasteiger partial charge on any atom is 0.336 e. The van der Waals surface area contributed by atoms with E-state index in [9.17, 15) is 0 Å². The minimum atomic E-state index is 0.366. The summed E-state index contributed by atoms with van der Waals surface area (Å²) in [7, 11) is 0. The third-order valence-electron chi connectivity index (χ3n) is 4.14. The SMILES string of the molecule is NCC1CCCCC1COc1nnc2ccccc2n1. The van der Waals surface area contributed by atoms with Crippen molar-refractivity contribution in [1.29, 1.82) is 0 Å². The van der Waals surface area contributed by atoms with Crippen molar-refractivity contribution in [3.63, 3.8) is 0 Å². The molecule has 0 aliphatic heterocycles. The summed E-state index contributed by atoms with van der Waals surface area (Å²) < 4.78 is 5.75. The number of benzene rings is 1. The highest BCUT2D eigenvalue weighted by Crippen LogP contribution is 2.29. The van der Waals surface area contributed by atoms with Gasteiger partial charge in [0.1, 0.15) is 5.52 Å². The number of rotatable bonds is 4. The van der Waals surface area contributed by atoms with Crippen LogP contribution in [0.15, 0.2) is 24.3 Å². The molecule has 1 heterocycles. The van der Waals surface area contributed by atoms with Gasteiger partial charge in [-0.25, -0.2) is 0 Å². The van der Waals surface area contributed by atoms with Gasteiger partial charge in [-0.2, -0.15) is 4.98 Å². The number of aromatic nitrogens is 3. The summed E-state index contributed by atoms with van der Waals surface area (Å²) in [6.07, 6.45) is 4.94. The number of ether oxygens (including phenoxy) is 1. The summed E-state index contributed by atoms with van der Waals surface area (Å²) in [4.78, 5) is 4.38. The third kappa shape index (κ3) is 2.88. The summed E-state index contributed by atoms with van der Waals surface area (Å²) >= 11 is 0. The second-order valence-corrected chi connectivity index (χ2v) is 5.43. The zero-order valence-electron chi connectivity index (χ0n) is 11.5. The molecule has 0 saturated heterocycles. The molecule has 1 aliphatic rings. The van der Waals surface area contributed by atoms with E-state index in [1.807, 2.05) is 24.3 Å². The normalized spacial score (nSPS) is 22.9. The Morgan fingerprint density at radius 3 is 2.60 bits per heavy atom. The van der Waals surface area contributed by atoms with E-state index in [2.05, 4.69) is 15.2 Å². The molecule has 0 amide bonds. The van der Waals surface area contributed by atoms with Gasteiger partial charge in [0, 0.05) is 0 Å². The Morgan fingerprint density at radius 1 is 1.05 bits per heavy atom. The van der Waals surface area contributed by atoms with E-state index in [1.165, 1.54) is 25.7 Å². The molecule has 2 atom stereocenters. The van der Waals surface area contributed by atoms with Gasteiger partial charge >= 0.3 is 6.01 Å². The highest BCUT2D eigenvalue weighted by molar-refractivity contribution is 5.73.